The zero-order chi connectivity index (χ0) is 9.07. The average Bonchev–Trinajstić information content (AvgIpc) is 1.53. The first-order valence-corrected chi connectivity index (χ1v) is 3.56. The van der Waals surface area contributed by atoms with E-state index in [0.29, 0.717) is 6.42 Å². The highest BCUT2D eigenvalue weighted by Gasteiger charge is 2.22. The van der Waals surface area contributed by atoms with Crippen molar-refractivity contribution in [1.29, 1.82) is 0 Å². The van der Waals surface area contributed by atoms with Gasteiger partial charge in [-0.05, 0) is 20.8 Å². The van der Waals surface area contributed by atoms with E-state index >= 15 is 0 Å². The van der Waals surface area contributed by atoms with E-state index in [1.807, 2.05) is 0 Å². The summed E-state index contributed by atoms with van der Waals surface area (Å²) in [5, 5.41) is 18.2. The number of ether oxygens (including phenoxy) is 1. The van der Waals surface area contributed by atoms with E-state index in [1.165, 1.54) is 13.8 Å². The van der Waals surface area contributed by atoms with Crippen molar-refractivity contribution < 1.29 is 14.9 Å². The second-order valence-corrected chi connectivity index (χ2v) is 3.03. The summed E-state index contributed by atoms with van der Waals surface area (Å²) in [6.45, 7) is 8.36. The first kappa shape index (κ1) is 10.6. The molecular formula is C8H16O3. The van der Waals surface area contributed by atoms with Crippen molar-refractivity contribution in [1.82, 2.24) is 0 Å². The minimum Gasteiger partial charge on any atom is -0.368 e. The molecule has 3 nitrogen and oxygen atoms in total. The van der Waals surface area contributed by atoms with Crippen molar-refractivity contribution in [2.24, 2.45) is 0 Å². The second kappa shape index (κ2) is 3.85. The summed E-state index contributed by atoms with van der Waals surface area (Å²) in [6.07, 6.45) is -0.623. The highest BCUT2D eigenvalue weighted by Crippen LogP contribution is 2.17. The third-order valence-electron chi connectivity index (χ3n) is 1.05. The zero-order valence-corrected chi connectivity index (χ0v) is 7.29. The third-order valence-corrected chi connectivity index (χ3v) is 1.05. The quantitative estimate of drug-likeness (QED) is 0.477. The van der Waals surface area contributed by atoms with Crippen molar-refractivity contribution in [2.75, 3.05) is 0 Å². The van der Waals surface area contributed by atoms with Crippen LogP contribution in [0.3, 0.4) is 0 Å². The van der Waals surface area contributed by atoms with Gasteiger partial charge in [0.1, 0.15) is 0 Å². The van der Waals surface area contributed by atoms with Crippen LogP contribution in [-0.2, 0) is 4.74 Å². The van der Waals surface area contributed by atoms with Gasteiger partial charge in [0.2, 0.25) is 0 Å². The standard InChI is InChI=1S/C8H16O3/c1-6(2)5-8(4,10)11-7(3)9/h7,9-10H,1,5H2,2-4H3. The SMILES string of the molecule is C=C(C)CC(C)(O)OC(C)O. The molecular weight excluding hydrogens is 144 g/mol. The highest BCUT2D eigenvalue weighted by molar-refractivity contribution is 4.92. The van der Waals surface area contributed by atoms with E-state index in [1.54, 1.807) is 6.92 Å². The van der Waals surface area contributed by atoms with Gasteiger partial charge in [0.25, 0.3) is 0 Å². The molecule has 0 heterocycles. The summed E-state index contributed by atoms with van der Waals surface area (Å²) in [5.74, 6) is -1.31. The molecule has 0 aromatic carbocycles. The number of aliphatic hydroxyl groups excluding tert-OH is 1. The van der Waals surface area contributed by atoms with Crippen LogP contribution in [-0.4, -0.2) is 22.3 Å². The minimum absolute atomic E-state index is 0.331. The summed E-state index contributed by atoms with van der Waals surface area (Å²) < 4.78 is 4.80. The van der Waals surface area contributed by atoms with Gasteiger partial charge < -0.3 is 14.9 Å². The maximum Gasteiger partial charge on any atom is 0.169 e. The van der Waals surface area contributed by atoms with Gasteiger partial charge >= 0.3 is 0 Å². The van der Waals surface area contributed by atoms with E-state index in [-0.39, 0.29) is 0 Å². The predicted molar refractivity (Wildman–Crippen MR) is 42.8 cm³/mol. The van der Waals surface area contributed by atoms with Gasteiger partial charge in [-0.3, -0.25) is 0 Å². The summed E-state index contributed by atoms with van der Waals surface area (Å²) in [5.41, 5.74) is 0.815. The molecule has 0 aliphatic heterocycles. The van der Waals surface area contributed by atoms with Crippen molar-refractivity contribution in [3.05, 3.63) is 12.2 Å². The lowest BCUT2D eigenvalue weighted by molar-refractivity contribution is -0.262. The Balaban J connectivity index is 3.89. The Kier molecular flexibility index (Phi) is 3.72. The maximum atomic E-state index is 9.41. The van der Waals surface area contributed by atoms with Crippen LogP contribution in [0.2, 0.25) is 0 Å². The van der Waals surface area contributed by atoms with Crippen LogP contribution in [0, 0.1) is 0 Å². The summed E-state index contributed by atoms with van der Waals surface area (Å²) in [4.78, 5) is 0. The van der Waals surface area contributed by atoms with Gasteiger partial charge in [-0.15, -0.1) is 0 Å². The molecule has 0 aromatic heterocycles. The van der Waals surface area contributed by atoms with Crippen LogP contribution in [0.1, 0.15) is 27.2 Å². The van der Waals surface area contributed by atoms with E-state index < -0.39 is 12.1 Å². The van der Waals surface area contributed by atoms with E-state index in [9.17, 15) is 5.11 Å². The molecule has 66 valence electrons. The Hall–Kier alpha value is -0.380. The van der Waals surface area contributed by atoms with Gasteiger partial charge in [-0.2, -0.15) is 0 Å². The van der Waals surface area contributed by atoms with Crippen LogP contribution in [0.5, 0.6) is 0 Å². The predicted octanol–water partition coefficient (Wildman–Crippen LogP) is 1.02. The molecule has 0 aliphatic carbocycles. The van der Waals surface area contributed by atoms with Crippen LogP contribution >= 0.6 is 0 Å². The summed E-state index contributed by atoms with van der Waals surface area (Å²) >= 11 is 0. The van der Waals surface area contributed by atoms with Gasteiger partial charge in [0.15, 0.2) is 12.1 Å². The van der Waals surface area contributed by atoms with Crippen molar-refractivity contribution >= 4 is 0 Å². The van der Waals surface area contributed by atoms with Crippen molar-refractivity contribution in [3.63, 3.8) is 0 Å². The Bertz CT molecular complexity index is 138. The lowest BCUT2D eigenvalue weighted by atomic mass is 10.1. The molecule has 0 spiro atoms. The normalized spacial score (nSPS) is 19.0. The number of hydrogen-bond donors (Lipinski definition) is 2. The molecule has 11 heavy (non-hydrogen) atoms. The first-order chi connectivity index (χ1) is 4.83. The fourth-order valence-electron chi connectivity index (χ4n) is 0.969. The molecule has 0 rings (SSSR count). The minimum atomic E-state index is -1.31. The Morgan fingerprint density at radius 1 is 1.73 bits per heavy atom. The number of hydrogen-bond acceptors (Lipinski definition) is 3. The lowest BCUT2D eigenvalue weighted by Crippen LogP contribution is -2.32. The molecule has 0 bridgehead atoms. The van der Waals surface area contributed by atoms with Crippen LogP contribution in [0.25, 0.3) is 0 Å². The fraction of sp³-hybridized carbons (Fsp3) is 0.750. The van der Waals surface area contributed by atoms with Crippen LogP contribution < -0.4 is 0 Å². The van der Waals surface area contributed by atoms with Gasteiger partial charge in [0, 0.05) is 6.42 Å². The summed E-state index contributed by atoms with van der Waals surface area (Å²) in [6, 6.07) is 0. The largest absolute Gasteiger partial charge is 0.368 e. The molecule has 0 saturated carbocycles. The molecule has 2 N–H and O–H groups in total. The van der Waals surface area contributed by atoms with E-state index in [0.717, 1.165) is 5.57 Å². The smallest absolute Gasteiger partial charge is 0.169 e. The number of aliphatic hydroxyl groups is 2. The first-order valence-electron chi connectivity index (χ1n) is 3.56. The average molecular weight is 160 g/mol. The van der Waals surface area contributed by atoms with E-state index in [4.69, 9.17) is 9.84 Å². The van der Waals surface area contributed by atoms with E-state index in [2.05, 4.69) is 6.58 Å². The van der Waals surface area contributed by atoms with Crippen LogP contribution in [0.4, 0.5) is 0 Å². The molecule has 0 amide bonds. The Labute approximate surface area is 67.3 Å². The Morgan fingerprint density at radius 3 is 2.45 bits per heavy atom. The van der Waals surface area contributed by atoms with Gasteiger partial charge in [-0.1, -0.05) is 12.2 Å². The monoisotopic (exact) mass is 160 g/mol. The van der Waals surface area contributed by atoms with Crippen LogP contribution in [0.15, 0.2) is 12.2 Å². The molecule has 3 heteroatoms. The molecule has 0 aromatic rings. The molecule has 2 atom stereocenters. The highest BCUT2D eigenvalue weighted by atomic mass is 16.7. The molecule has 0 aliphatic rings. The lowest BCUT2D eigenvalue weighted by Gasteiger charge is -2.25. The summed E-state index contributed by atoms with van der Waals surface area (Å²) in [7, 11) is 0. The molecule has 0 radical (unpaired) electrons. The zero-order valence-electron chi connectivity index (χ0n) is 7.29. The van der Waals surface area contributed by atoms with Gasteiger partial charge in [-0.25, -0.2) is 0 Å². The molecule has 2 unspecified atom stereocenters. The maximum absolute atomic E-state index is 9.41. The Morgan fingerprint density at radius 2 is 2.18 bits per heavy atom. The fourth-order valence-corrected chi connectivity index (χ4v) is 0.969. The van der Waals surface area contributed by atoms with Crippen molar-refractivity contribution in [3.8, 4) is 0 Å². The molecule has 0 saturated heterocycles. The third kappa shape index (κ3) is 6.04. The van der Waals surface area contributed by atoms with Crippen molar-refractivity contribution in [2.45, 2.75) is 39.3 Å². The topological polar surface area (TPSA) is 49.7 Å². The number of rotatable bonds is 4. The van der Waals surface area contributed by atoms with Gasteiger partial charge in [0.05, 0.1) is 0 Å². The second-order valence-electron chi connectivity index (χ2n) is 3.03. The molecule has 0 fully saturated rings.